The van der Waals surface area contributed by atoms with Crippen LogP contribution in [0.2, 0.25) is 0 Å². The highest BCUT2D eigenvalue weighted by atomic mass is 35.5. The number of aromatic nitrogens is 2. The Labute approximate surface area is 131 Å². The van der Waals surface area contributed by atoms with Crippen LogP contribution >= 0.6 is 12.4 Å². The quantitative estimate of drug-likeness (QED) is 0.939. The van der Waals surface area contributed by atoms with Crippen LogP contribution in [0.5, 0.6) is 0 Å². The third-order valence-electron chi connectivity index (χ3n) is 3.28. The second-order valence-corrected chi connectivity index (χ2v) is 5.79. The number of hydrogen-bond donors (Lipinski definition) is 1. The Morgan fingerprint density at radius 2 is 1.86 bits per heavy atom. The number of fused-ring (bicyclic) bond motifs is 1. The molecule has 1 heterocycles. The number of nitrogens with two attached hydrogens (primary N) is 1. The van der Waals surface area contributed by atoms with Crippen molar-refractivity contribution in [2.45, 2.75) is 13.8 Å². The fourth-order valence-corrected chi connectivity index (χ4v) is 2.10. The highest BCUT2D eigenvalue weighted by Gasteiger charge is 2.22. The van der Waals surface area contributed by atoms with Gasteiger partial charge in [-0.25, -0.2) is 0 Å². The van der Waals surface area contributed by atoms with Crippen molar-refractivity contribution in [2.24, 2.45) is 11.1 Å². The van der Waals surface area contributed by atoms with Crippen molar-refractivity contribution in [3.8, 4) is 0 Å². The Morgan fingerprint density at radius 1 is 1.24 bits per heavy atom. The Bertz CT molecular complexity index is 630. The Morgan fingerprint density at radius 3 is 2.48 bits per heavy atom. The van der Waals surface area contributed by atoms with Crippen LogP contribution in [0.15, 0.2) is 30.6 Å². The lowest BCUT2D eigenvalue weighted by molar-refractivity contribution is 0.0740. The van der Waals surface area contributed by atoms with E-state index in [1.54, 1.807) is 36.5 Å². The third-order valence-corrected chi connectivity index (χ3v) is 3.28. The first-order chi connectivity index (χ1) is 9.43. The average molecular weight is 309 g/mol. The minimum atomic E-state index is -0.0962. The molecule has 0 saturated carbocycles. The topological polar surface area (TPSA) is 72.1 Å². The van der Waals surface area contributed by atoms with E-state index in [1.807, 2.05) is 19.9 Å². The minimum absolute atomic E-state index is 0. The summed E-state index contributed by atoms with van der Waals surface area (Å²) in [5, 5.41) is 0. The fourth-order valence-electron chi connectivity index (χ4n) is 2.10. The standard InChI is InChI=1S/C15H20N4O.ClH/c1-15(2,9-16)10-19(3)14(20)11-4-5-12-13(8-11)18-7-6-17-12;/h4-8H,9-10,16H2,1-3H3;1H. The van der Waals surface area contributed by atoms with E-state index in [1.165, 1.54) is 0 Å². The van der Waals surface area contributed by atoms with E-state index >= 15 is 0 Å². The molecule has 6 heteroatoms. The summed E-state index contributed by atoms with van der Waals surface area (Å²) in [5.41, 5.74) is 7.75. The maximum Gasteiger partial charge on any atom is 0.253 e. The monoisotopic (exact) mass is 308 g/mol. The summed E-state index contributed by atoms with van der Waals surface area (Å²) in [7, 11) is 1.79. The molecule has 0 aliphatic rings. The van der Waals surface area contributed by atoms with Gasteiger partial charge in [0.25, 0.3) is 5.91 Å². The maximum absolute atomic E-state index is 12.4. The number of halogens is 1. The van der Waals surface area contributed by atoms with Gasteiger partial charge in [0, 0.05) is 31.5 Å². The van der Waals surface area contributed by atoms with Gasteiger partial charge in [0.1, 0.15) is 0 Å². The molecule has 0 unspecified atom stereocenters. The van der Waals surface area contributed by atoms with Crippen molar-refractivity contribution >= 4 is 29.3 Å². The average Bonchev–Trinajstić information content (AvgIpc) is 2.45. The molecule has 21 heavy (non-hydrogen) atoms. The van der Waals surface area contributed by atoms with E-state index in [4.69, 9.17) is 5.73 Å². The fraction of sp³-hybridized carbons (Fsp3) is 0.400. The molecule has 2 rings (SSSR count). The number of nitrogens with zero attached hydrogens (tertiary/aromatic N) is 3. The van der Waals surface area contributed by atoms with Gasteiger partial charge in [-0.2, -0.15) is 0 Å². The molecule has 0 aliphatic carbocycles. The lowest BCUT2D eigenvalue weighted by Crippen LogP contribution is -2.39. The van der Waals surface area contributed by atoms with Gasteiger partial charge in [0.15, 0.2) is 0 Å². The number of rotatable bonds is 4. The molecule has 0 saturated heterocycles. The second-order valence-electron chi connectivity index (χ2n) is 5.79. The largest absolute Gasteiger partial charge is 0.341 e. The zero-order valence-corrected chi connectivity index (χ0v) is 13.4. The Kier molecular flexibility index (Phi) is 5.63. The zero-order valence-electron chi connectivity index (χ0n) is 12.5. The molecule has 0 bridgehead atoms. The summed E-state index contributed by atoms with van der Waals surface area (Å²) in [5.74, 6) is -0.0286. The van der Waals surface area contributed by atoms with E-state index in [2.05, 4.69) is 9.97 Å². The molecule has 0 radical (unpaired) electrons. The molecule has 0 spiro atoms. The summed E-state index contributed by atoms with van der Waals surface area (Å²) in [6.07, 6.45) is 3.26. The van der Waals surface area contributed by atoms with Crippen molar-refractivity contribution in [3.05, 3.63) is 36.2 Å². The Balaban J connectivity index is 0.00000220. The number of amides is 1. The van der Waals surface area contributed by atoms with Gasteiger partial charge in [-0.15, -0.1) is 12.4 Å². The van der Waals surface area contributed by atoms with Crippen molar-refractivity contribution in [3.63, 3.8) is 0 Å². The molecule has 114 valence electrons. The predicted molar refractivity (Wildman–Crippen MR) is 86.6 cm³/mol. The van der Waals surface area contributed by atoms with E-state index in [-0.39, 0.29) is 23.7 Å². The van der Waals surface area contributed by atoms with Gasteiger partial charge in [-0.05, 0) is 30.2 Å². The molecule has 0 aliphatic heterocycles. The van der Waals surface area contributed by atoms with Gasteiger partial charge in [0.05, 0.1) is 11.0 Å². The number of benzene rings is 1. The molecule has 2 aromatic rings. The van der Waals surface area contributed by atoms with E-state index in [0.717, 1.165) is 11.0 Å². The number of carbonyl (C=O) groups excluding carboxylic acids is 1. The van der Waals surface area contributed by atoms with E-state index < -0.39 is 0 Å². The highest BCUT2D eigenvalue weighted by Crippen LogP contribution is 2.17. The first kappa shape index (κ1) is 17.3. The Hall–Kier alpha value is -1.72. The van der Waals surface area contributed by atoms with Crippen LogP contribution in [0.1, 0.15) is 24.2 Å². The molecular formula is C15H21ClN4O. The summed E-state index contributed by atoms with van der Waals surface area (Å²) in [6.45, 7) is 5.24. The first-order valence-electron chi connectivity index (χ1n) is 6.59. The summed E-state index contributed by atoms with van der Waals surface area (Å²) in [6, 6.07) is 5.37. The van der Waals surface area contributed by atoms with Crippen molar-refractivity contribution in [1.82, 2.24) is 14.9 Å². The molecule has 1 aromatic heterocycles. The van der Waals surface area contributed by atoms with Crippen molar-refractivity contribution in [2.75, 3.05) is 20.1 Å². The third kappa shape index (κ3) is 4.12. The predicted octanol–water partition coefficient (Wildman–Crippen LogP) is 2.11. The minimum Gasteiger partial charge on any atom is -0.341 e. The molecule has 1 aromatic carbocycles. The van der Waals surface area contributed by atoms with Crippen LogP contribution < -0.4 is 5.73 Å². The van der Waals surface area contributed by atoms with Gasteiger partial charge in [0.2, 0.25) is 0 Å². The van der Waals surface area contributed by atoms with E-state index in [9.17, 15) is 4.79 Å². The van der Waals surface area contributed by atoms with E-state index in [0.29, 0.717) is 18.7 Å². The molecule has 1 amide bonds. The van der Waals surface area contributed by atoms with Gasteiger partial charge in [-0.3, -0.25) is 14.8 Å². The SMILES string of the molecule is CN(CC(C)(C)CN)C(=O)c1ccc2nccnc2c1.Cl. The molecule has 0 fully saturated rings. The van der Waals surface area contributed by atoms with Crippen LogP contribution in [-0.2, 0) is 0 Å². The first-order valence-corrected chi connectivity index (χ1v) is 6.59. The normalized spacial score (nSPS) is 11.0. The molecular weight excluding hydrogens is 288 g/mol. The van der Waals surface area contributed by atoms with Gasteiger partial charge >= 0.3 is 0 Å². The maximum atomic E-state index is 12.4. The molecule has 0 atom stereocenters. The molecule has 2 N–H and O–H groups in total. The van der Waals surface area contributed by atoms with Gasteiger partial charge < -0.3 is 10.6 Å². The van der Waals surface area contributed by atoms with Crippen molar-refractivity contribution < 1.29 is 4.79 Å². The zero-order chi connectivity index (χ0) is 14.8. The second kappa shape index (κ2) is 6.83. The summed E-state index contributed by atoms with van der Waals surface area (Å²) >= 11 is 0. The van der Waals surface area contributed by atoms with Crippen LogP contribution in [0.4, 0.5) is 0 Å². The number of carbonyl (C=O) groups is 1. The lowest BCUT2D eigenvalue weighted by atomic mass is 9.93. The lowest BCUT2D eigenvalue weighted by Gasteiger charge is -2.29. The van der Waals surface area contributed by atoms with Crippen LogP contribution in [0, 0.1) is 5.41 Å². The van der Waals surface area contributed by atoms with Crippen LogP contribution in [0.25, 0.3) is 11.0 Å². The summed E-state index contributed by atoms with van der Waals surface area (Å²) in [4.78, 5) is 22.5. The van der Waals surface area contributed by atoms with Crippen LogP contribution in [-0.4, -0.2) is 40.9 Å². The summed E-state index contributed by atoms with van der Waals surface area (Å²) < 4.78 is 0. The van der Waals surface area contributed by atoms with Gasteiger partial charge in [-0.1, -0.05) is 13.8 Å². The number of hydrogen-bond acceptors (Lipinski definition) is 4. The highest BCUT2D eigenvalue weighted by molar-refractivity contribution is 5.97. The van der Waals surface area contributed by atoms with Crippen LogP contribution in [0.3, 0.4) is 0 Å². The van der Waals surface area contributed by atoms with Crippen molar-refractivity contribution in [1.29, 1.82) is 0 Å². The smallest absolute Gasteiger partial charge is 0.253 e. The molecule has 5 nitrogen and oxygen atoms in total.